The second kappa shape index (κ2) is 4.58. The maximum absolute atomic E-state index is 10.5. The number of carbonyl (C=O) groups is 1. The summed E-state index contributed by atoms with van der Waals surface area (Å²) < 4.78 is 4.73. The SMILES string of the molecule is COC(C)NC(=O)CCl. The molecule has 4 heteroatoms. The van der Waals surface area contributed by atoms with Crippen LogP contribution in [0, 0.1) is 0 Å². The molecule has 1 unspecified atom stereocenters. The summed E-state index contributed by atoms with van der Waals surface area (Å²) in [5.41, 5.74) is 0. The van der Waals surface area contributed by atoms with Gasteiger partial charge in [-0.1, -0.05) is 0 Å². The van der Waals surface area contributed by atoms with Crippen LogP contribution in [0.2, 0.25) is 0 Å². The van der Waals surface area contributed by atoms with Crippen LogP contribution in [0.5, 0.6) is 0 Å². The minimum Gasteiger partial charge on any atom is -0.362 e. The van der Waals surface area contributed by atoms with Crippen molar-refractivity contribution in [2.75, 3.05) is 13.0 Å². The Morgan fingerprint density at radius 1 is 1.89 bits per heavy atom. The van der Waals surface area contributed by atoms with E-state index in [0.29, 0.717) is 0 Å². The normalized spacial score (nSPS) is 12.8. The highest BCUT2D eigenvalue weighted by molar-refractivity contribution is 6.27. The lowest BCUT2D eigenvalue weighted by Gasteiger charge is -2.09. The zero-order valence-electron chi connectivity index (χ0n) is 5.48. The number of carbonyl (C=O) groups excluding carboxylic acids is 1. The number of hydrogen-bond acceptors (Lipinski definition) is 2. The van der Waals surface area contributed by atoms with Gasteiger partial charge in [-0.25, -0.2) is 0 Å². The zero-order chi connectivity index (χ0) is 7.28. The number of ether oxygens (including phenoxy) is 1. The highest BCUT2D eigenvalue weighted by atomic mass is 35.5. The molecular formula is C5H10ClNO2. The molecule has 0 aliphatic rings. The monoisotopic (exact) mass is 151 g/mol. The van der Waals surface area contributed by atoms with E-state index < -0.39 is 0 Å². The smallest absolute Gasteiger partial charge is 0.236 e. The number of alkyl halides is 1. The van der Waals surface area contributed by atoms with Crippen LogP contribution >= 0.6 is 11.6 Å². The van der Waals surface area contributed by atoms with Crippen LogP contribution in [0.1, 0.15) is 6.92 Å². The second-order valence-corrected chi connectivity index (χ2v) is 1.85. The van der Waals surface area contributed by atoms with Crippen LogP contribution in [0.3, 0.4) is 0 Å². The maximum atomic E-state index is 10.5. The Morgan fingerprint density at radius 3 is 2.78 bits per heavy atom. The van der Waals surface area contributed by atoms with Crippen LogP contribution in [0.15, 0.2) is 0 Å². The third kappa shape index (κ3) is 4.24. The molecule has 0 spiro atoms. The molecule has 0 aromatic heterocycles. The first-order valence-electron chi connectivity index (χ1n) is 2.58. The van der Waals surface area contributed by atoms with Gasteiger partial charge in [-0.05, 0) is 6.92 Å². The van der Waals surface area contributed by atoms with E-state index in [2.05, 4.69) is 5.32 Å². The maximum Gasteiger partial charge on any atom is 0.236 e. The van der Waals surface area contributed by atoms with Gasteiger partial charge in [0.25, 0.3) is 0 Å². The topological polar surface area (TPSA) is 38.3 Å². The highest BCUT2D eigenvalue weighted by Crippen LogP contribution is 1.81. The number of hydrogen-bond donors (Lipinski definition) is 1. The summed E-state index contributed by atoms with van der Waals surface area (Å²) in [5.74, 6) is -0.237. The summed E-state index contributed by atoms with van der Waals surface area (Å²) in [4.78, 5) is 10.5. The number of halogens is 1. The number of nitrogens with one attached hydrogen (secondary N) is 1. The van der Waals surface area contributed by atoms with Crippen molar-refractivity contribution in [2.24, 2.45) is 0 Å². The second-order valence-electron chi connectivity index (χ2n) is 1.58. The number of rotatable bonds is 3. The molecule has 9 heavy (non-hydrogen) atoms. The van der Waals surface area contributed by atoms with E-state index in [0.717, 1.165) is 0 Å². The third-order valence-corrected chi connectivity index (χ3v) is 1.08. The van der Waals surface area contributed by atoms with Crippen LogP contribution in [-0.2, 0) is 9.53 Å². The van der Waals surface area contributed by atoms with Crippen molar-refractivity contribution < 1.29 is 9.53 Å². The Balaban J connectivity index is 3.34. The summed E-state index contributed by atoms with van der Waals surface area (Å²) in [5, 5.41) is 2.49. The van der Waals surface area contributed by atoms with Gasteiger partial charge in [0.05, 0.1) is 0 Å². The molecule has 1 amide bonds. The molecule has 0 aliphatic heterocycles. The van der Waals surface area contributed by atoms with Gasteiger partial charge in [0, 0.05) is 7.11 Å². The quantitative estimate of drug-likeness (QED) is 0.467. The van der Waals surface area contributed by atoms with Gasteiger partial charge in [-0.15, -0.1) is 11.6 Å². The van der Waals surface area contributed by atoms with Gasteiger partial charge < -0.3 is 10.1 Å². The molecule has 3 nitrogen and oxygen atoms in total. The van der Waals surface area contributed by atoms with Gasteiger partial charge in [0.2, 0.25) is 5.91 Å². The standard InChI is InChI=1S/C5H10ClNO2/c1-4(9-2)7-5(8)3-6/h4H,3H2,1-2H3,(H,7,8). The molecule has 0 aromatic carbocycles. The predicted octanol–water partition coefficient (Wildman–Crippen LogP) is 0.334. The fraction of sp³-hybridized carbons (Fsp3) is 0.800. The molecule has 0 aliphatic carbocycles. The number of amides is 1. The Hall–Kier alpha value is -0.280. The molecule has 0 saturated heterocycles. The zero-order valence-corrected chi connectivity index (χ0v) is 6.23. The van der Waals surface area contributed by atoms with Crippen molar-refractivity contribution in [1.82, 2.24) is 5.32 Å². The fourth-order valence-corrected chi connectivity index (χ4v) is 0.401. The van der Waals surface area contributed by atoms with Crippen LogP contribution < -0.4 is 5.32 Å². The summed E-state index contributed by atoms with van der Waals surface area (Å²) >= 11 is 5.19. The van der Waals surface area contributed by atoms with E-state index in [1.807, 2.05) is 0 Å². The molecule has 0 heterocycles. The Morgan fingerprint density at radius 2 is 2.44 bits per heavy atom. The molecule has 1 N–H and O–H groups in total. The Labute approximate surface area is 59.3 Å². The van der Waals surface area contributed by atoms with Gasteiger partial charge in [0.15, 0.2) is 0 Å². The molecule has 0 saturated carbocycles. The van der Waals surface area contributed by atoms with Crippen molar-refractivity contribution in [2.45, 2.75) is 13.2 Å². The molecule has 0 bridgehead atoms. The van der Waals surface area contributed by atoms with Crippen molar-refractivity contribution >= 4 is 17.5 Å². The van der Waals surface area contributed by atoms with Crippen molar-refractivity contribution in [3.05, 3.63) is 0 Å². The van der Waals surface area contributed by atoms with Crippen LogP contribution in [0.4, 0.5) is 0 Å². The highest BCUT2D eigenvalue weighted by Gasteiger charge is 2.01. The Kier molecular flexibility index (Phi) is 4.44. The van der Waals surface area contributed by atoms with Gasteiger partial charge in [0.1, 0.15) is 12.1 Å². The van der Waals surface area contributed by atoms with E-state index in [-0.39, 0.29) is 18.0 Å². The minimum atomic E-state index is -0.253. The van der Waals surface area contributed by atoms with Crippen LogP contribution in [0.25, 0.3) is 0 Å². The fourth-order valence-electron chi connectivity index (χ4n) is 0.324. The van der Waals surface area contributed by atoms with Gasteiger partial charge in [-0.2, -0.15) is 0 Å². The Bertz CT molecular complexity index is 97.0. The first-order valence-corrected chi connectivity index (χ1v) is 3.12. The van der Waals surface area contributed by atoms with E-state index in [9.17, 15) is 4.79 Å². The molecule has 1 atom stereocenters. The lowest BCUT2D eigenvalue weighted by atomic mass is 10.6. The average Bonchev–Trinajstić information content (AvgIpc) is 1.87. The first kappa shape index (κ1) is 8.72. The molecule has 0 rings (SSSR count). The van der Waals surface area contributed by atoms with Crippen molar-refractivity contribution in [1.29, 1.82) is 0 Å². The van der Waals surface area contributed by atoms with E-state index in [1.165, 1.54) is 7.11 Å². The van der Waals surface area contributed by atoms with Gasteiger partial charge >= 0.3 is 0 Å². The summed E-state index contributed by atoms with van der Waals surface area (Å²) in [6.07, 6.45) is -0.253. The van der Waals surface area contributed by atoms with Crippen molar-refractivity contribution in [3.63, 3.8) is 0 Å². The largest absolute Gasteiger partial charge is 0.362 e. The summed E-state index contributed by atoms with van der Waals surface area (Å²) in [7, 11) is 1.51. The molecule has 54 valence electrons. The van der Waals surface area contributed by atoms with Gasteiger partial charge in [-0.3, -0.25) is 4.79 Å². The minimum absolute atomic E-state index is 0.0201. The van der Waals surface area contributed by atoms with E-state index in [4.69, 9.17) is 16.3 Å². The van der Waals surface area contributed by atoms with Crippen LogP contribution in [-0.4, -0.2) is 25.1 Å². The summed E-state index contributed by atoms with van der Waals surface area (Å²) in [6, 6.07) is 0. The average molecular weight is 152 g/mol. The molecule has 0 aromatic rings. The van der Waals surface area contributed by atoms with Crippen molar-refractivity contribution in [3.8, 4) is 0 Å². The molecule has 0 radical (unpaired) electrons. The van der Waals surface area contributed by atoms with E-state index >= 15 is 0 Å². The van der Waals surface area contributed by atoms with E-state index in [1.54, 1.807) is 6.92 Å². The first-order chi connectivity index (χ1) is 4.20. The molecular weight excluding hydrogens is 142 g/mol. The molecule has 0 fully saturated rings. The lowest BCUT2D eigenvalue weighted by molar-refractivity contribution is -0.121. The summed E-state index contributed by atoms with van der Waals surface area (Å²) in [6.45, 7) is 1.73. The third-order valence-electron chi connectivity index (χ3n) is 0.839. The number of methoxy groups -OCH3 is 1. The predicted molar refractivity (Wildman–Crippen MR) is 35.3 cm³/mol. The lowest BCUT2D eigenvalue weighted by Crippen LogP contribution is -2.34.